The van der Waals surface area contributed by atoms with E-state index in [-0.39, 0.29) is 34.5 Å². The Morgan fingerprint density at radius 2 is 1.89 bits per heavy atom. The number of hydrogen-bond acceptors (Lipinski definition) is 5. The van der Waals surface area contributed by atoms with Gasteiger partial charge in [-0.2, -0.15) is 0 Å². The van der Waals surface area contributed by atoms with Gasteiger partial charge in [-0.25, -0.2) is 0 Å². The maximum atomic E-state index is 13.1. The summed E-state index contributed by atoms with van der Waals surface area (Å²) in [6.45, 7) is 12.2. The molecule has 0 spiro atoms. The summed E-state index contributed by atoms with van der Waals surface area (Å²) < 4.78 is 7.34. The molecule has 0 bridgehead atoms. The third-order valence-corrected chi connectivity index (χ3v) is 7.40. The van der Waals surface area contributed by atoms with Crippen LogP contribution in [0.2, 0.25) is 0 Å². The van der Waals surface area contributed by atoms with Crippen molar-refractivity contribution >= 4 is 11.8 Å². The third-order valence-electron chi connectivity index (χ3n) is 7.40. The van der Waals surface area contributed by atoms with Crippen LogP contribution in [-0.4, -0.2) is 57.8 Å². The molecule has 3 aliphatic rings. The first kappa shape index (κ1) is 19.4. The van der Waals surface area contributed by atoms with Gasteiger partial charge in [0.05, 0.1) is 19.1 Å². The number of amides is 2. The molecule has 154 valence electrons. The molecule has 0 radical (unpaired) electrons. The van der Waals surface area contributed by atoms with Crippen molar-refractivity contribution in [2.24, 2.45) is 22.7 Å². The van der Waals surface area contributed by atoms with E-state index >= 15 is 0 Å². The van der Waals surface area contributed by atoms with Crippen LogP contribution in [0.4, 0.5) is 0 Å². The van der Waals surface area contributed by atoms with Crippen LogP contribution < -0.4 is 5.32 Å². The second-order valence-electron chi connectivity index (χ2n) is 9.41. The van der Waals surface area contributed by atoms with E-state index in [0.717, 1.165) is 18.1 Å². The first-order chi connectivity index (χ1) is 13.2. The molecule has 1 aromatic rings. The van der Waals surface area contributed by atoms with Crippen molar-refractivity contribution in [2.75, 3.05) is 26.3 Å². The van der Waals surface area contributed by atoms with Gasteiger partial charge in [0, 0.05) is 38.6 Å². The Bertz CT molecular complexity index is 765. The molecule has 8 heteroatoms. The minimum absolute atomic E-state index is 0.0125. The van der Waals surface area contributed by atoms with Crippen molar-refractivity contribution in [3.63, 3.8) is 0 Å². The fourth-order valence-corrected chi connectivity index (χ4v) is 4.78. The molecule has 2 amide bonds. The highest BCUT2D eigenvalue weighted by molar-refractivity contribution is 5.84. The smallest absolute Gasteiger partial charge is 0.226 e. The third kappa shape index (κ3) is 3.11. The van der Waals surface area contributed by atoms with Crippen molar-refractivity contribution in [3.05, 3.63) is 11.6 Å². The van der Waals surface area contributed by atoms with Crippen LogP contribution >= 0.6 is 0 Å². The summed E-state index contributed by atoms with van der Waals surface area (Å²) in [6.07, 6.45) is 1.46. The molecule has 1 saturated heterocycles. The molecule has 3 heterocycles. The Hall–Kier alpha value is -1.96. The topological polar surface area (TPSA) is 89.3 Å². The Labute approximate surface area is 166 Å². The summed E-state index contributed by atoms with van der Waals surface area (Å²) in [5.74, 6) is 1.92. The zero-order valence-electron chi connectivity index (χ0n) is 17.3. The van der Waals surface area contributed by atoms with Crippen LogP contribution in [0, 0.1) is 22.7 Å². The molecule has 1 saturated carbocycles. The van der Waals surface area contributed by atoms with Gasteiger partial charge in [0.25, 0.3) is 0 Å². The van der Waals surface area contributed by atoms with Crippen LogP contribution in [0.15, 0.2) is 0 Å². The number of carbonyl (C=O) groups is 2. The van der Waals surface area contributed by atoms with Crippen molar-refractivity contribution in [1.82, 2.24) is 25.0 Å². The average Bonchev–Trinajstić information content (AvgIpc) is 3.07. The van der Waals surface area contributed by atoms with Gasteiger partial charge in [0.2, 0.25) is 11.8 Å². The summed E-state index contributed by atoms with van der Waals surface area (Å²) in [6, 6.07) is 0. The molecule has 4 rings (SSSR count). The molecule has 1 aromatic heterocycles. The minimum Gasteiger partial charge on any atom is -0.381 e. The summed E-state index contributed by atoms with van der Waals surface area (Å²) in [7, 11) is 0. The lowest BCUT2D eigenvalue weighted by Gasteiger charge is -2.21. The molecule has 1 N–H and O–H groups in total. The summed E-state index contributed by atoms with van der Waals surface area (Å²) in [5.41, 5.74) is 0.0931. The second kappa shape index (κ2) is 6.83. The Balaban J connectivity index is 1.37. The van der Waals surface area contributed by atoms with E-state index in [1.54, 1.807) is 0 Å². The number of carbonyl (C=O) groups excluding carboxylic acids is 2. The maximum absolute atomic E-state index is 13.1. The maximum Gasteiger partial charge on any atom is 0.226 e. The molecule has 2 aliphatic heterocycles. The van der Waals surface area contributed by atoms with E-state index in [9.17, 15) is 9.59 Å². The van der Waals surface area contributed by atoms with E-state index in [1.165, 1.54) is 0 Å². The predicted molar refractivity (Wildman–Crippen MR) is 102 cm³/mol. The van der Waals surface area contributed by atoms with Gasteiger partial charge in [0.1, 0.15) is 5.82 Å². The fraction of sp³-hybridized carbons (Fsp3) is 0.800. The standard InChI is InChI=1S/C20H31N5O3/c1-19(2)16(20(19,3)4)18(27)24-7-5-14-22-23-15(25(14)9-8-24)11-21-17(26)13-6-10-28-12-13/h13,16H,5-12H2,1-4H3,(H,21,26)/t13-/m0/s1. The van der Waals surface area contributed by atoms with Crippen molar-refractivity contribution in [1.29, 1.82) is 0 Å². The first-order valence-electron chi connectivity index (χ1n) is 10.3. The summed E-state index contributed by atoms with van der Waals surface area (Å²) >= 11 is 0. The number of fused-ring (bicyclic) bond motifs is 1. The predicted octanol–water partition coefficient (Wildman–Crippen LogP) is 0.998. The van der Waals surface area contributed by atoms with E-state index in [1.807, 2.05) is 4.90 Å². The Morgan fingerprint density at radius 3 is 2.54 bits per heavy atom. The highest BCUT2D eigenvalue weighted by Crippen LogP contribution is 2.68. The molecule has 1 atom stereocenters. The molecule has 8 nitrogen and oxygen atoms in total. The number of rotatable bonds is 4. The molecular formula is C20H31N5O3. The highest BCUT2D eigenvalue weighted by Gasteiger charge is 2.68. The number of nitrogens with one attached hydrogen (secondary N) is 1. The lowest BCUT2D eigenvalue weighted by Crippen LogP contribution is -2.36. The number of ether oxygens (including phenoxy) is 1. The van der Waals surface area contributed by atoms with Crippen molar-refractivity contribution in [2.45, 2.75) is 53.6 Å². The quantitative estimate of drug-likeness (QED) is 0.830. The lowest BCUT2D eigenvalue weighted by molar-refractivity contribution is -0.133. The molecule has 2 fully saturated rings. The van der Waals surface area contributed by atoms with Crippen molar-refractivity contribution in [3.8, 4) is 0 Å². The van der Waals surface area contributed by atoms with Gasteiger partial charge in [-0.15, -0.1) is 10.2 Å². The zero-order chi connectivity index (χ0) is 20.1. The minimum atomic E-state index is -0.0649. The Kier molecular flexibility index (Phi) is 4.72. The van der Waals surface area contributed by atoms with Crippen LogP contribution in [0.25, 0.3) is 0 Å². The van der Waals surface area contributed by atoms with Crippen LogP contribution in [-0.2, 0) is 33.8 Å². The normalized spacial score (nSPS) is 25.9. The SMILES string of the molecule is CC1(C)C(C(=O)N2CCc3nnc(CNC(=O)[C@H]4CCOC4)n3CC2)C1(C)C. The molecule has 1 aliphatic carbocycles. The van der Waals surface area contributed by atoms with Gasteiger partial charge in [-0.3, -0.25) is 9.59 Å². The van der Waals surface area contributed by atoms with E-state index in [0.29, 0.717) is 45.8 Å². The van der Waals surface area contributed by atoms with E-state index < -0.39 is 0 Å². The Morgan fingerprint density at radius 1 is 1.14 bits per heavy atom. The van der Waals surface area contributed by atoms with Crippen LogP contribution in [0.1, 0.15) is 45.8 Å². The van der Waals surface area contributed by atoms with Crippen LogP contribution in [0.3, 0.4) is 0 Å². The van der Waals surface area contributed by atoms with E-state index in [2.05, 4.69) is 47.8 Å². The molecular weight excluding hydrogens is 358 g/mol. The van der Waals surface area contributed by atoms with Gasteiger partial charge >= 0.3 is 0 Å². The fourth-order valence-electron chi connectivity index (χ4n) is 4.78. The molecule has 28 heavy (non-hydrogen) atoms. The number of hydrogen-bond donors (Lipinski definition) is 1. The van der Waals surface area contributed by atoms with E-state index in [4.69, 9.17) is 4.74 Å². The largest absolute Gasteiger partial charge is 0.381 e. The van der Waals surface area contributed by atoms with Crippen LogP contribution in [0.5, 0.6) is 0 Å². The monoisotopic (exact) mass is 389 g/mol. The number of nitrogens with zero attached hydrogens (tertiary/aromatic N) is 4. The van der Waals surface area contributed by atoms with Gasteiger partial charge in [-0.05, 0) is 17.3 Å². The van der Waals surface area contributed by atoms with Gasteiger partial charge in [0.15, 0.2) is 5.82 Å². The number of aromatic nitrogens is 3. The summed E-state index contributed by atoms with van der Waals surface area (Å²) in [5, 5.41) is 11.5. The summed E-state index contributed by atoms with van der Waals surface area (Å²) in [4.78, 5) is 27.3. The highest BCUT2D eigenvalue weighted by atomic mass is 16.5. The van der Waals surface area contributed by atoms with Crippen molar-refractivity contribution < 1.29 is 14.3 Å². The average molecular weight is 390 g/mol. The molecule has 0 unspecified atom stereocenters. The first-order valence-corrected chi connectivity index (χ1v) is 10.3. The van der Waals surface area contributed by atoms with Gasteiger partial charge in [-0.1, -0.05) is 27.7 Å². The molecule has 0 aromatic carbocycles. The van der Waals surface area contributed by atoms with Gasteiger partial charge < -0.3 is 19.5 Å². The second-order valence-corrected chi connectivity index (χ2v) is 9.41. The lowest BCUT2D eigenvalue weighted by atomic mass is 10.0. The zero-order valence-corrected chi connectivity index (χ0v) is 17.3.